The van der Waals surface area contributed by atoms with Gasteiger partial charge in [-0.2, -0.15) is 0 Å². The molecule has 0 radical (unpaired) electrons. The topological polar surface area (TPSA) is 36.4 Å². The van der Waals surface area contributed by atoms with E-state index < -0.39 is 0 Å². The van der Waals surface area contributed by atoms with E-state index in [1.54, 1.807) is 12.1 Å². The molecule has 0 bridgehead atoms. The van der Waals surface area contributed by atoms with E-state index >= 15 is 0 Å². The Kier molecular flexibility index (Phi) is 5.07. The maximum absolute atomic E-state index is 14.0. The van der Waals surface area contributed by atoms with Crippen molar-refractivity contribution >= 4 is 17.6 Å². The number of hydrogen-bond acceptors (Lipinski definition) is 1. The molecule has 1 aliphatic rings. The molecular weight excluding hydrogens is 361 g/mol. The zero-order valence-electron chi connectivity index (χ0n) is 14.6. The van der Waals surface area contributed by atoms with Gasteiger partial charge in [0, 0.05) is 10.6 Å². The largest absolute Gasteiger partial charge is 0.347 e. The highest BCUT2D eigenvalue weighted by Crippen LogP contribution is 2.32. The number of benzene rings is 3. The molecule has 3 nitrogen and oxygen atoms in total. The van der Waals surface area contributed by atoms with E-state index in [4.69, 9.17) is 11.6 Å². The smallest absolute Gasteiger partial charge is 0.192 e. The number of nitrogens with one attached hydrogen (secondary N) is 2. The lowest BCUT2D eigenvalue weighted by Crippen LogP contribution is -2.25. The molecule has 0 spiro atoms. The Morgan fingerprint density at radius 2 is 1.37 bits per heavy atom. The summed E-state index contributed by atoms with van der Waals surface area (Å²) < 4.78 is 14.0. The summed E-state index contributed by atoms with van der Waals surface area (Å²) in [5.74, 6) is 0.316. The molecule has 2 N–H and O–H groups in total. The van der Waals surface area contributed by atoms with Crippen molar-refractivity contribution in [1.82, 2.24) is 10.6 Å². The van der Waals surface area contributed by atoms with Crippen LogP contribution in [0.1, 0.15) is 28.8 Å². The van der Waals surface area contributed by atoms with Crippen molar-refractivity contribution in [3.05, 3.63) is 106 Å². The molecule has 5 heteroatoms. The molecule has 0 amide bonds. The van der Waals surface area contributed by atoms with Gasteiger partial charge in [-0.1, -0.05) is 78.3 Å². The molecule has 0 unspecified atom stereocenters. The molecular formula is C22H19ClFN3. The number of hydrogen-bond donors (Lipinski definition) is 2. The molecule has 0 aromatic heterocycles. The van der Waals surface area contributed by atoms with E-state index in [1.807, 2.05) is 36.4 Å². The molecule has 1 saturated heterocycles. The first kappa shape index (κ1) is 17.6. The van der Waals surface area contributed by atoms with Gasteiger partial charge >= 0.3 is 0 Å². The SMILES string of the molecule is Fc1cc(Cl)ccc1CN=C1N[C@H](c2ccccc2)[C@H](c2ccccc2)N1. The van der Waals surface area contributed by atoms with Gasteiger partial charge in [0.15, 0.2) is 5.96 Å². The third-order valence-corrected chi connectivity index (χ3v) is 4.89. The molecule has 0 aliphatic carbocycles. The highest BCUT2D eigenvalue weighted by atomic mass is 35.5. The predicted molar refractivity (Wildman–Crippen MR) is 107 cm³/mol. The summed E-state index contributed by atoms with van der Waals surface area (Å²) in [4.78, 5) is 4.55. The van der Waals surface area contributed by atoms with Crippen LogP contribution in [0.3, 0.4) is 0 Å². The van der Waals surface area contributed by atoms with Crippen LogP contribution in [0.2, 0.25) is 5.02 Å². The van der Waals surface area contributed by atoms with E-state index in [-0.39, 0.29) is 24.4 Å². The number of guanidine groups is 1. The van der Waals surface area contributed by atoms with Crippen molar-refractivity contribution in [3.63, 3.8) is 0 Å². The molecule has 1 fully saturated rings. The summed E-state index contributed by atoms with van der Waals surface area (Å²) in [5, 5.41) is 7.28. The summed E-state index contributed by atoms with van der Waals surface area (Å²) in [6, 6.07) is 25.2. The molecule has 136 valence electrons. The highest BCUT2D eigenvalue weighted by Gasteiger charge is 2.32. The third kappa shape index (κ3) is 3.96. The Bertz CT molecular complexity index is 895. The first-order valence-corrected chi connectivity index (χ1v) is 9.20. The van der Waals surface area contributed by atoms with Gasteiger partial charge in [0.05, 0.1) is 18.6 Å². The van der Waals surface area contributed by atoms with Crippen molar-refractivity contribution in [2.24, 2.45) is 4.99 Å². The lowest BCUT2D eigenvalue weighted by atomic mass is 9.95. The van der Waals surface area contributed by atoms with Gasteiger partial charge in [-0.05, 0) is 23.3 Å². The second kappa shape index (κ2) is 7.80. The summed E-state index contributed by atoms with van der Waals surface area (Å²) >= 11 is 5.82. The fourth-order valence-electron chi connectivity index (χ4n) is 3.28. The van der Waals surface area contributed by atoms with Crippen LogP contribution in [0.15, 0.2) is 83.9 Å². The van der Waals surface area contributed by atoms with Crippen LogP contribution in [0.25, 0.3) is 0 Å². The Labute approximate surface area is 162 Å². The van der Waals surface area contributed by atoms with Gasteiger partial charge < -0.3 is 10.6 Å². The average molecular weight is 380 g/mol. The lowest BCUT2D eigenvalue weighted by molar-refractivity contribution is 0.554. The minimum absolute atomic E-state index is 0.0439. The maximum atomic E-state index is 14.0. The van der Waals surface area contributed by atoms with Crippen LogP contribution < -0.4 is 10.6 Å². The standard InChI is InChI=1S/C22H19ClFN3/c23-18-12-11-17(19(24)13-18)14-25-22-26-20(15-7-3-1-4-8-15)21(27-22)16-9-5-2-6-10-16/h1-13,20-21H,14H2,(H2,25,26,27)/t20-,21+. The van der Waals surface area contributed by atoms with E-state index in [0.717, 1.165) is 0 Å². The second-order valence-electron chi connectivity index (χ2n) is 6.47. The highest BCUT2D eigenvalue weighted by molar-refractivity contribution is 6.30. The molecule has 1 heterocycles. The fraction of sp³-hybridized carbons (Fsp3) is 0.136. The number of halogens is 2. The van der Waals surface area contributed by atoms with Crippen molar-refractivity contribution < 1.29 is 4.39 Å². The van der Waals surface area contributed by atoms with Crippen LogP contribution in [-0.2, 0) is 6.54 Å². The fourth-order valence-corrected chi connectivity index (χ4v) is 3.44. The van der Waals surface area contributed by atoms with Crippen LogP contribution in [-0.4, -0.2) is 5.96 Å². The Balaban J connectivity index is 1.60. The zero-order chi connectivity index (χ0) is 18.6. The van der Waals surface area contributed by atoms with Crippen LogP contribution >= 0.6 is 11.6 Å². The Morgan fingerprint density at radius 1 is 0.815 bits per heavy atom. The maximum Gasteiger partial charge on any atom is 0.192 e. The zero-order valence-corrected chi connectivity index (χ0v) is 15.3. The molecule has 3 aromatic carbocycles. The summed E-state index contributed by atoms with van der Waals surface area (Å²) in [7, 11) is 0. The first-order chi connectivity index (χ1) is 13.2. The number of aliphatic imine (C=N–C) groups is 1. The Hall–Kier alpha value is -2.85. The van der Waals surface area contributed by atoms with E-state index in [1.165, 1.54) is 17.2 Å². The van der Waals surface area contributed by atoms with Gasteiger partial charge in [-0.3, -0.25) is 0 Å². The van der Waals surface area contributed by atoms with E-state index in [2.05, 4.69) is 39.9 Å². The monoisotopic (exact) mass is 379 g/mol. The Morgan fingerprint density at radius 3 is 1.89 bits per heavy atom. The normalized spacial score (nSPS) is 20.3. The second-order valence-corrected chi connectivity index (χ2v) is 6.90. The van der Waals surface area contributed by atoms with Gasteiger partial charge in [0.1, 0.15) is 5.82 Å². The van der Waals surface area contributed by atoms with Crippen LogP contribution in [0.4, 0.5) is 4.39 Å². The number of rotatable bonds is 4. The van der Waals surface area contributed by atoms with Crippen molar-refractivity contribution in [2.75, 3.05) is 0 Å². The summed E-state index contributed by atoms with van der Waals surface area (Å²) in [6.07, 6.45) is 0. The van der Waals surface area contributed by atoms with Gasteiger partial charge in [0.25, 0.3) is 0 Å². The van der Waals surface area contributed by atoms with Crippen molar-refractivity contribution in [1.29, 1.82) is 0 Å². The molecule has 1 aliphatic heterocycles. The van der Waals surface area contributed by atoms with Gasteiger partial charge in [-0.15, -0.1) is 0 Å². The first-order valence-electron chi connectivity index (χ1n) is 8.82. The quantitative estimate of drug-likeness (QED) is 0.668. The van der Waals surface area contributed by atoms with Crippen LogP contribution in [0.5, 0.6) is 0 Å². The molecule has 4 rings (SSSR count). The average Bonchev–Trinajstić information content (AvgIpc) is 3.13. The molecule has 0 saturated carbocycles. The van der Waals surface area contributed by atoms with Crippen molar-refractivity contribution in [2.45, 2.75) is 18.6 Å². The van der Waals surface area contributed by atoms with Gasteiger partial charge in [0.2, 0.25) is 0 Å². The molecule has 3 aromatic rings. The predicted octanol–water partition coefficient (Wildman–Crippen LogP) is 5.01. The minimum atomic E-state index is -0.343. The molecule has 27 heavy (non-hydrogen) atoms. The van der Waals surface area contributed by atoms with Gasteiger partial charge in [-0.25, -0.2) is 9.38 Å². The third-order valence-electron chi connectivity index (χ3n) is 4.66. The summed E-state index contributed by atoms with van der Waals surface area (Å²) in [5.41, 5.74) is 2.85. The van der Waals surface area contributed by atoms with Crippen LogP contribution in [0, 0.1) is 5.82 Å². The van der Waals surface area contributed by atoms with Crippen molar-refractivity contribution in [3.8, 4) is 0 Å². The number of nitrogens with zero attached hydrogens (tertiary/aromatic N) is 1. The van der Waals surface area contributed by atoms with E-state index in [9.17, 15) is 4.39 Å². The lowest BCUT2D eigenvalue weighted by Gasteiger charge is -2.19. The van der Waals surface area contributed by atoms with E-state index in [0.29, 0.717) is 16.5 Å². The summed E-state index contributed by atoms with van der Waals surface area (Å²) in [6.45, 7) is 0.237. The molecule has 2 atom stereocenters. The minimum Gasteiger partial charge on any atom is -0.347 e.